The van der Waals surface area contributed by atoms with E-state index in [2.05, 4.69) is 34.7 Å². The van der Waals surface area contributed by atoms with Crippen LogP contribution in [-0.4, -0.2) is 87.1 Å². The zero-order valence-corrected chi connectivity index (χ0v) is 35.7. The number of nitrogens with one attached hydrogen (secondary N) is 2. The minimum absolute atomic E-state index is 0.0764. The SMILES string of the molecule is CC(=NCC1CC2(C)CC3(C)CC1CC(OCCNCCCCO)(C2)C3)C(=CN)c1ccc(N2CCCc3c2nnc(Nc2nc4ccccc4s2)c3C)nc1C(=O)O. The largest absolute Gasteiger partial charge is 0.476 e. The summed E-state index contributed by atoms with van der Waals surface area (Å²) in [5.74, 6) is 1.61. The fraction of sp³-hybridized carbons (Fsp3) is 0.556. The van der Waals surface area contributed by atoms with Crippen LogP contribution in [0.5, 0.6) is 0 Å². The Kier molecular flexibility index (Phi) is 11.8. The molecule has 4 aliphatic carbocycles. The number of carboxylic acid groups (broad SMARTS) is 1. The van der Waals surface area contributed by atoms with Crippen molar-refractivity contribution in [2.24, 2.45) is 33.4 Å². The summed E-state index contributed by atoms with van der Waals surface area (Å²) in [6.07, 6.45) is 11.7. The number of thiazole rings is 1. The summed E-state index contributed by atoms with van der Waals surface area (Å²) in [7, 11) is 0. The highest BCUT2D eigenvalue weighted by atomic mass is 32.1. The molecule has 0 spiro atoms. The van der Waals surface area contributed by atoms with Crippen molar-refractivity contribution in [1.29, 1.82) is 0 Å². The van der Waals surface area contributed by atoms with Gasteiger partial charge in [0, 0.05) is 60.4 Å². The normalized spacial score (nSPS) is 26.6. The number of aliphatic hydroxyl groups is 1. The van der Waals surface area contributed by atoms with E-state index in [9.17, 15) is 9.90 Å². The van der Waals surface area contributed by atoms with Crippen molar-refractivity contribution in [3.63, 3.8) is 0 Å². The number of rotatable bonds is 16. The smallest absolute Gasteiger partial charge is 0.355 e. The van der Waals surface area contributed by atoms with Crippen molar-refractivity contribution < 1.29 is 19.7 Å². The van der Waals surface area contributed by atoms with E-state index in [0.29, 0.717) is 65.8 Å². The van der Waals surface area contributed by atoms with E-state index in [1.165, 1.54) is 19.0 Å². The third-order valence-corrected chi connectivity index (χ3v) is 14.2. The second-order valence-electron chi connectivity index (χ2n) is 18.2. The number of nitrogens with two attached hydrogens (primary N) is 1. The highest BCUT2D eigenvalue weighted by Gasteiger charge is 2.60. The van der Waals surface area contributed by atoms with Crippen molar-refractivity contribution in [2.45, 2.75) is 97.5 Å². The van der Waals surface area contributed by atoms with Crippen molar-refractivity contribution in [1.82, 2.24) is 25.5 Å². The Bertz CT molecular complexity index is 2230. The molecule has 4 bridgehead atoms. The molecule has 3 aromatic heterocycles. The molecular weight excluding hydrogens is 763 g/mol. The topological polar surface area (TPSA) is 184 Å². The molecule has 4 aromatic rings. The minimum Gasteiger partial charge on any atom is -0.476 e. The van der Waals surface area contributed by atoms with Gasteiger partial charge >= 0.3 is 5.97 Å². The molecule has 1 aliphatic heterocycles. The molecule has 6 N–H and O–H groups in total. The number of carboxylic acids is 1. The maximum absolute atomic E-state index is 12.9. The number of ether oxygens (including phenoxy) is 1. The first kappa shape index (κ1) is 41.2. The van der Waals surface area contributed by atoms with Gasteiger partial charge in [0.1, 0.15) is 5.82 Å². The van der Waals surface area contributed by atoms with Crippen molar-refractivity contribution in [2.75, 3.05) is 49.6 Å². The van der Waals surface area contributed by atoms with Crippen LogP contribution in [0.25, 0.3) is 15.8 Å². The second kappa shape index (κ2) is 16.9. The lowest BCUT2D eigenvalue weighted by Gasteiger charge is -2.56. The molecule has 5 atom stereocenters. The van der Waals surface area contributed by atoms with Gasteiger partial charge in [-0.05, 0) is 132 Å². The highest BCUT2D eigenvalue weighted by molar-refractivity contribution is 7.22. The first-order chi connectivity index (χ1) is 28.4. The summed E-state index contributed by atoms with van der Waals surface area (Å²) in [5, 5.41) is 36.4. The number of hydrogen-bond acceptors (Lipinski definition) is 13. The summed E-state index contributed by atoms with van der Waals surface area (Å²) in [6.45, 7) is 12.8. The summed E-state index contributed by atoms with van der Waals surface area (Å²) in [4.78, 5) is 29.5. The van der Waals surface area contributed by atoms with Gasteiger partial charge in [0.05, 0.1) is 22.4 Å². The van der Waals surface area contributed by atoms with Crippen LogP contribution in [-0.2, 0) is 11.2 Å². The predicted molar refractivity (Wildman–Crippen MR) is 235 cm³/mol. The van der Waals surface area contributed by atoms with E-state index >= 15 is 0 Å². The Balaban J connectivity index is 0.982. The maximum Gasteiger partial charge on any atom is 0.355 e. The lowest BCUT2D eigenvalue weighted by atomic mass is 9.53. The van der Waals surface area contributed by atoms with Gasteiger partial charge in [-0.1, -0.05) is 37.3 Å². The Morgan fingerprint density at radius 1 is 1.07 bits per heavy atom. The van der Waals surface area contributed by atoms with E-state index in [1.807, 2.05) is 49.1 Å². The van der Waals surface area contributed by atoms with E-state index in [1.54, 1.807) is 17.4 Å². The van der Waals surface area contributed by atoms with Gasteiger partial charge in [0.15, 0.2) is 22.5 Å². The first-order valence-corrected chi connectivity index (χ1v) is 22.1. The van der Waals surface area contributed by atoms with Crippen molar-refractivity contribution in [3.05, 3.63) is 65.0 Å². The van der Waals surface area contributed by atoms with Crippen LogP contribution in [0, 0.1) is 29.6 Å². The standard InChI is InChI=1S/C45H59N9O4S/c1-28-32-10-9-17-54(40(32)53-52-39(28)51-42-49-35-11-5-6-12-36(35)59-42)37-14-13-33(38(50-37)41(56)57)34(23-46)29(2)48-24-31-21-44(4)25-43(3)20-30(31)22-45(26-43,27-44)58-19-16-47-15-7-8-18-55/h5-6,11-14,23,30-31,47,55H,7-10,15-22,24-27,46H2,1-4H3,(H,56,57)(H,49,51,52). The molecule has 9 rings (SSSR count). The predicted octanol–water partition coefficient (Wildman–Crippen LogP) is 7.82. The van der Waals surface area contributed by atoms with Gasteiger partial charge in [-0.25, -0.2) is 14.8 Å². The van der Waals surface area contributed by atoms with Crippen LogP contribution in [0.3, 0.4) is 0 Å². The second-order valence-corrected chi connectivity index (χ2v) is 19.2. The number of benzene rings is 1. The Morgan fingerprint density at radius 3 is 2.66 bits per heavy atom. The number of aliphatic imine (C=N–C) groups is 1. The van der Waals surface area contributed by atoms with Gasteiger partial charge in [-0.3, -0.25) is 4.99 Å². The third-order valence-electron chi connectivity index (χ3n) is 13.3. The van der Waals surface area contributed by atoms with Gasteiger partial charge in [-0.15, -0.1) is 10.2 Å². The number of aliphatic hydroxyl groups excluding tert-OH is 1. The lowest BCUT2D eigenvalue weighted by molar-refractivity contribution is -0.162. The fourth-order valence-electron chi connectivity index (χ4n) is 11.4. The van der Waals surface area contributed by atoms with Crippen LogP contribution < -0.4 is 21.3 Å². The molecule has 0 saturated heterocycles. The molecule has 314 valence electrons. The molecule has 4 fully saturated rings. The average Bonchev–Trinajstić information content (AvgIpc) is 3.56. The Labute approximate surface area is 351 Å². The van der Waals surface area contributed by atoms with Crippen LogP contribution in [0.4, 0.5) is 22.6 Å². The molecule has 14 heteroatoms. The van der Waals surface area contributed by atoms with Crippen LogP contribution in [0.1, 0.15) is 106 Å². The zero-order valence-electron chi connectivity index (χ0n) is 34.9. The fourth-order valence-corrected chi connectivity index (χ4v) is 12.3. The highest BCUT2D eigenvalue weighted by Crippen LogP contribution is 2.66. The molecule has 4 heterocycles. The molecule has 5 aliphatic rings. The van der Waals surface area contributed by atoms with Gasteiger partial charge < -0.3 is 36.2 Å². The molecule has 0 radical (unpaired) electrons. The summed E-state index contributed by atoms with van der Waals surface area (Å²) >= 11 is 1.57. The van der Waals surface area contributed by atoms with E-state index < -0.39 is 5.97 Å². The van der Waals surface area contributed by atoms with Gasteiger partial charge in [0.2, 0.25) is 0 Å². The minimum atomic E-state index is -1.13. The van der Waals surface area contributed by atoms with Crippen LogP contribution in [0.2, 0.25) is 0 Å². The third kappa shape index (κ3) is 8.59. The quantitative estimate of drug-likeness (QED) is 0.0547. The summed E-state index contributed by atoms with van der Waals surface area (Å²) < 4.78 is 7.94. The van der Waals surface area contributed by atoms with E-state index in [-0.39, 0.29) is 28.7 Å². The number of pyridine rings is 1. The number of fused-ring (bicyclic) bond motifs is 3. The molecule has 0 amide bonds. The number of anilines is 4. The molecule has 13 nitrogen and oxygen atoms in total. The first-order valence-electron chi connectivity index (χ1n) is 21.3. The number of allylic oxidation sites excluding steroid dienone is 1. The lowest BCUT2D eigenvalue weighted by Crippen LogP contribution is -2.52. The number of unbranched alkanes of at least 4 members (excludes halogenated alkanes) is 1. The molecule has 4 saturated carbocycles. The summed E-state index contributed by atoms with van der Waals surface area (Å²) in [6, 6.07) is 11.7. The number of aromatic nitrogens is 4. The van der Waals surface area contributed by atoms with Crippen molar-refractivity contribution in [3.8, 4) is 0 Å². The monoisotopic (exact) mass is 821 g/mol. The maximum atomic E-state index is 12.9. The Morgan fingerprint density at radius 2 is 1.88 bits per heavy atom. The number of hydrogen-bond donors (Lipinski definition) is 5. The molecular formula is C45H59N9O4S. The summed E-state index contributed by atoms with van der Waals surface area (Å²) in [5.41, 5.74) is 11.2. The molecule has 1 aromatic carbocycles. The number of para-hydroxylation sites is 1. The zero-order chi connectivity index (χ0) is 41.4. The number of carbonyl (C=O) groups is 1. The van der Waals surface area contributed by atoms with Crippen LogP contribution >= 0.6 is 11.3 Å². The van der Waals surface area contributed by atoms with Gasteiger partial charge in [-0.2, -0.15) is 0 Å². The van der Waals surface area contributed by atoms with Gasteiger partial charge in [0.25, 0.3) is 0 Å². The number of nitrogens with zero attached hydrogens (tertiary/aromatic N) is 6. The molecule has 5 unspecified atom stereocenters. The number of aromatic carboxylic acids is 1. The van der Waals surface area contributed by atoms with E-state index in [4.69, 9.17) is 30.5 Å². The van der Waals surface area contributed by atoms with Crippen LogP contribution in [0.15, 0.2) is 47.6 Å². The Hall–Kier alpha value is -4.50. The molecule has 59 heavy (non-hydrogen) atoms. The van der Waals surface area contributed by atoms with Crippen molar-refractivity contribution >= 4 is 61.4 Å². The van der Waals surface area contributed by atoms with E-state index in [0.717, 1.165) is 90.9 Å². The average molecular weight is 822 g/mol.